The van der Waals surface area contributed by atoms with Crippen LogP contribution in [-0.2, 0) is 10.9 Å². The summed E-state index contributed by atoms with van der Waals surface area (Å²) in [6, 6.07) is 2.32. The van der Waals surface area contributed by atoms with E-state index < -0.39 is 17.6 Å². The van der Waals surface area contributed by atoms with Crippen molar-refractivity contribution in [3.63, 3.8) is 0 Å². The number of halogens is 4. The standard InChI is InChI=1S/C12H15F4NO2/c1-19-7-5-17(4-6-18)11-3-2-9(8-10(11)13)12(14,15)16/h2-3,8,18H,4-7H2,1H3. The maximum atomic E-state index is 13.7. The van der Waals surface area contributed by atoms with Crippen LogP contribution in [-0.4, -0.2) is 38.5 Å². The second kappa shape index (κ2) is 6.72. The zero-order chi connectivity index (χ0) is 14.5. The number of ether oxygens (including phenoxy) is 1. The molecule has 0 unspecified atom stereocenters. The van der Waals surface area contributed by atoms with Crippen LogP contribution in [0, 0.1) is 5.82 Å². The quantitative estimate of drug-likeness (QED) is 0.812. The third-order valence-corrected chi connectivity index (χ3v) is 2.55. The fourth-order valence-electron chi connectivity index (χ4n) is 1.61. The molecule has 1 aromatic carbocycles. The number of aliphatic hydroxyl groups excluding tert-OH is 1. The van der Waals surface area contributed by atoms with Gasteiger partial charge >= 0.3 is 6.18 Å². The van der Waals surface area contributed by atoms with E-state index in [9.17, 15) is 17.6 Å². The molecule has 0 heterocycles. The van der Waals surface area contributed by atoms with Crippen molar-refractivity contribution in [3.8, 4) is 0 Å². The maximum Gasteiger partial charge on any atom is 0.416 e. The summed E-state index contributed by atoms with van der Waals surface area (Å²) in [7, 11) is 1.46. The number of nitrogens with zero attached hydrogens (tertiary/aromatic N) is 1. The van der Waals surface area contributed by atoms with Crippen molar-refractivity contribution in [2.24, 2.45) is 0 Å². The summed E-state index contributed by atoms with van der Waals surface area (Å²) in [4.78, 5) is 1.43. The minimum atomic E-state index is -4.58. The lowest BCUT2D eigenvalue weighted by molar-refractivity contribution is -0.137. The molecule has 0 atom stereocenters. The van der Waals surface area contributed by atoms with Gasteiger partial charge in [0.15, 0.2) is 0 Å². The number of hydrogen-bond donors (Lipinski definition) is 1. The van der Waals surface area contributed by atoms with Crippen molar-refractivity contribution in [3.05, 3.63) is 29.6 Å². The first-order valence-electron chi connectivity index (χ1n) is 5.61. The molecule has 0 amide bonds. The Morgan fingerprint density at radius 2 is 1.95 bits per heavy atom. The topological polar surface area (TPSA) is 32.7 Å². The molecule has 19 heavy (non-hydrogen) atoms. The van der Waals surface area contributed by atoms with E-state index in [0.29, 0.717) is 6.07 Å². The molecule has 0 fully saturated rings. The van der Waals surface area contributed by atoms with Crippen molar-refractivity contribution >= 4 is 5.69 Å². The molecule has 0 aliphatic rings. The molecule has 7 heteroatoms. The Balaban J connectivity index is 2.97. The van der Waals surface area contributed by atoms with Crippen LogP contribution in [0.4, 0.5) is 23.2 Å². The van der Waals surface area contributed by atoms with Gasteiger partial charge in [0.05, 0.1) is 24.5 Å². The molecule has 0 aliphatic heterocycles. The Bertz CT molecular complexity index is 409. The molecule has 1 aromatic rings. The zero-order valence-corrected chi connectivity index (χ0v) is 10.4. The fraction of sp³-hybridized carbons (Fsp3) is 0.500. The van der Waals surface area contributed by atoms with Crippen molar-refractivity contribution in [2.45, 2.75) is 6.18 Å². The van der Waals surface area contributed by atoms with Crippen LogP contribution in [0.15, 0.2) is 18.2 Å². The summed E-state index contributed by atoms with van der Waals surface area (Å²) >= 11 is 0. The SMILES string of the molecule is COCCN(CCO)c1ccc(C(F)(F)F)cc1F. The molecular weight excluding hydrogens is 266 g/mol. The first-order valence-corrected chi connectivity index (χ1v) is 5.61. The largest absolute Gasteiger partial charge is 0.416 e. The summed E-state index contributed by atoms with van der Waals surface area (Å²) in [5.74, 6) is -0.973. The first kappa shape index (κ1) is 15.7. The van der Waals surface area contributed by atoms with E-state index in [2.05, 4.69) is 0 Å². The number of alkyl halides is 3. The Labute approximate surface area is 108 Å². The van der Waals surface area contributed by atoms with E-state index >= 15 is 0 Å². The minimum Gasteiger partial charge on any atom is -0.395 e. The third kappa shape index (κ3) is 4.36. The normalized spacial score (nSPS) is 11.7. The predicted molar refractivity (Wildman–Crippen MR) is 62.6 cm³/mol. The highest BCUT2D eigenvalue weighted by molar-refractivity contribution is 5.49. The first-order chi connectivity index (χ1) is 8.90. The third-order valence-electron chi connectivity index (χ3n) is 2.55. The lowest BCUT2D eigenvalue weighted by atomic mass is 10.1. The van der Waals surface area contributed by atoms with Gasteiger partial charge in [-0.05, 0) is 18.2 Å². The Hall–Kier alpha value is -1.34. The molecular formula is C12H15F4NO2. The Kier molecular flexibility index (Phi) is 5.56. The highest BCUT2D eigenvalue weighted by Crippen LogP contribution is 2.32. The van der Waals surface area contributed by atoms with E-state index in [1.54, 1.807) is 0 Å². The van der Waals surface area contributed by atoms with Crippen molar-refractivity contribution in [1.82, 2.24) is 0 Å². The van der Waals surface area contributed by atoms with E-state index in [0.717, 1.165) is 12.1 Å². The average molecular weight is 281 g/mol. The highest BCUT2D eigenvalue weighted by atomic mass is 19.4. The number of methoxy groups -OCH3 is 1. The predicted octanol–water partition coefficient (Wildman–Crippen LogP) is 2.29. The van der Waals surface area contributed by atoms with Crippen molar-refractivity contribution < 1.29 is 27.4 Å². The van der Waals surface area contributed by atoms with E-state index in [1.165, 1.54) is 12.0 Å². The number of aliphatic hydroxyl groups is 1. The zero-order valence-electron chi connectivity index (χ0n) is 10.4. The van der Waals surface area contributed by atoms with Gasteiger partial charge < -0.3 is 14.7 Å². The van der Waals surface area contributed by atoms with Crippen LogP contribution in [0.5, 0.6) is 0 Å². The summed E-state index contributed by atoms with van der Waals surface area (Å²) < 4.78 is 55.8. The average Bonchev–Trinajstić information content (AvgIpc) is 2.33. The molecule has 0 aromatic heterocycles. The second-order valence-electron chi connectivity index (χ2n) is 3.87. The number of rotatable bonds is 6. The van der Waals surface area contributed by atoms with Crippen LogP contribution in [0.2, 0.25) is 0 Å². The van der Waals surface area contributed by atoms with E-state index in [-0.39, 0.29) is 32.0 Å². The van der Waals surface area contributed by atoms with E-state index in [1.807, 2.05) is 0 Å². The van der Waals surface area contributed by atoms with Crippen LogP contribution in [0.25, 0.3) is 0 Å². The lowest BCUT2D eigenvalue weighted by Gasteiger charge is -2.24. The fourth-order valence-corrected chi connectivity index (χ4v) is 1.61. The van der Waals surface area contributed by atoms with Crippen LogP contribution in [0.3, 0.4) is 0 Å². The Morgan fingerprint density at radius 3 is 2.42 bits per heavy atom. The number of anilines is 1. The van der Waals surface area contributed by atoms with Gasteiger partial charge in [-0.25, -0.2) is 4.39 Å². The summed E-state index contributed by atoms with van der Waals surface area (Å²) in [6.45, 7) is 0.440. The molecule has 0 aliphatic carbocycles. The summed E-state index contributed by atoms with van der Waals surface area (Å²) in [6.07, 6.45) is -4.58. The van der Waals surface area contributed by atoms with Crippen LogP contribution >= 0.6 is 0 Å². The molecule has 1 N–H and O–H groups in total. The molecule has 1 rings (SSSR count). The minimum absolute atomic E-state index is 0.0131. The monoisotopic (exact) mass is 281 g/mol. The van der Waals surface area contributed by atoms with Gasteiger partial charge in [0.2, 0.25) is 0 Å². The maximum absolute atomic E-state index is 13.7. The molecule has 0 spiro atoms. The molecule has 0 saturated carbocycles. The summed E-state index contributed by atoms with van der Waals surface area (Å²) in [5, 5.41) is 8.89. The van der Waals surface area contributed by atoms with Gasteiger partial charge in [0, 0.05) is 20.2 Å². The van der Waals surface area contributed by atoms with Gasteiger partial charge in [0.1, 0.15) is 5.82 Å². The van der Waals surface area contributed by atoms with Gasteiger partial charge in [-0.3, -0.25) is 0 Å². The van der Waals surface area contributed by atoms with Gasteiger partial charge in [-0.2, -0.15) is 13.2 Å². The van der Waals surface area contributed by atoms with Gasteiger partial charge in [-0.1, -0.05) is 0 Å². The summed E-state index contributed by atoms with van der Waals surface area (Å²) in [5.41, 5.74) is -1.02. The molecule has 3 nitrogen and oxygen atoms in total. The van der Waals surface area contributed by atoms with Gasteiger partial charge in [0.25, 0.3) is 0 Å². The van der Waals surface area contributed by atoms with Gasteiger partial charge in [-0.15, -0.1) is 0 Å². The number of benzene rings is 1. The molecule has 0 saturated heterocycles. The highest BCUT2D eigenvalue weighted by Gasteiger charge is 2.31. The van der Waals surface area contributed by atoms with Crippen LogP contribution < -0.4 is 4.90 Å². The molecule has 0 radical (unpaired) electrons. The van der Waals surface area contributed by atoms with Crippen molar-refractivity contribution in [1.29, 1.82) is 0 Å². The molecule has 108 valence electrons. The van der Waals surface area contributed by atoms with Crippen molar-refractivity contribution in [2.75, 3.05) is 38.3 Å². The van der Waals surface area contributed by atoms with E-state index in [4.69, 9.17) is 9.84 Å². The number of hydrogen-bond acceptors (Lipinski definition) is 3. The Morgan fingerprint density at radius 1 is 1.26 bits per heavy atom. The lowest BCUT2D eigenvalue weighted by Crippen LogP contribution is -2.31. The smallest absolute Gasteiger partial charge is 0.395 e. The molecule has 0 bridgehead atoms. The van der Waals surface area contributed by atoms with Crippen LogP contribution in [0.1, 0.15) is 5.56 Å². The second-order valence-corrected chi connectivity index (χ2v) is 3.87.